The summed E-state index contributed by atoms with van der Waals surface area (Å²) in [6, 6.07) is 14.6. The lowest BCUT2D eigenvalue weighted by atomic mass is 10.0. The van der Waals surface area contributed by atoms with Crippen molar-refractivity contribution in [1.29, 1.82) is 0 Å². The summed E-state index contributed by atoms with van der Waals surface area (Å²) in [5.74, 6) is -0.207. The van der Waals surface area contributed by atoms with E-state index in [1.54, 1.807) is 24.1 Å². The van der Waals surface area contributed by atoms with Gasteiger partial charge in [0.25, 0.3) is 0 Å². The van der Waals surface area contributed by atoms with E-state index < -0.39 is 0 Å². The zero-order chi connectivity index (χ0) is 17.5. The molecular formula is C19H22ClFN2O. The van der Waals surface area contributed by atoms with Crippen LogP contribution in [-0.4, -0.2) is 30.9 Å². The molecule has 1 atom stereocenters. The Kier molecular flexibility index (Phi) is 6.76. The highest BCUT2D eigenvalue weighted by Gasteiger charge is 2.13. The topological polar surface area (TPSA) is 32.3 Å². The number of amides is 1. The molecular weight excluding hydrogens is 327 g/mol. The molecule has 2 aromatic rings. The van der Waals surface area contributed by atoms with Crippen LogP contribution in [0.4, 0.5) is 4.39 Å². The van der Waals surface area contributed by atoms with Gasteiger partial charge < -0.3 is 5.32 Å². The molecule has 1 amide bonds. The van der Waals surface area contributed by atoms with Crippen LogP contribution >= 0.6 is 11.6 Å². The quantitative estimate of drug-likeness (QED) is 0.824. The van der Waals surface area contributed by atoms with Gasteiger partial charge in [-0.3, -0.25) is 9.69 Å². The molecule has 2 rings (SSSR count). The maximum absolute atomic E-state index is 13.8. The third-order valence-electron chi connectivity index (χ3n) is 3.88. The number of benzene rings is 2. The van der Waals surface area contributed by atoms with Gasteiger partial charge in [0.05, 0.1) is 6.54 Å². The lowest BCUT2D eigenvalue weighted by Crippen LogP contribution is -2.36. The van der Waals surface area contributed by atoms with Gasteiger partial charge in [-0.25, -0.2) is 4.39 Å². The van der Waals surface area contributed by atoms with Crippen molar-refractivity contribution in [3.63, 3.8) is 0 Å². The van der Waals surface area contributed by atoms with Gasteiger partial charge in [-0.05, 0) is 30.7 Å². The molecule has 0 radical (unpaired) electrons. The van der Waals surface area contributed by atoms with Crippen molar-refractivity contribution < 1.29 is 9.18 Å². The van der Waals surface area contributed by atoms with Crippen LogP contribution in [0, 0.1) is 5.82 Å². The number of hydrogen-bond acceptors (Lipinski definition) is 2. The van der Waals surface area contributed by atoms with Crippen LogP contribution in [0.25, 0.3) is 0 Å². The van der Waals surface area contributed by atoms with Gasteiger partial charge in [0.15, 0.2) is 0 Å². The van der Waals surface area contributed by atoms with Crippen molar-refractivity contribution in [3.8, 4) is 0 Å². The molecule has 0 aliphatic rings. The molecule has 3 nitrogen and oxygen atoms in total. The average Bonchev–Trinajstić information content (AvgIpc) is 2.57. The van der Waals surface area contributed by atoms with Crippen LogP contribution < -0.4 is 5.32 Å². The maximum Gasteiger partial charge on any atom is 0.234 e. The third-order valence-corrected chi connectivity index (χ3v) is 4.23. The minimum absolute atomic E-state index is 0.0901. The zero-order valence-corrected chi connectivity index (χ0v) is 14.7. The molecule has 0 saturated heterocycles. The number of rotatable bonds is 7. The molecule has 0 aliphatic heterocycles. The second-order valence-corrected chi connectivity index (χ2v) is 6.40. The summed E-state index contributed by atoms with van der Waals surface area (Å²) in [6.45, 7) is 3.11. The molecule has 0 saturated carbocycles. The monoisotopic (exact) mass is 348 g/mol. The molecule has 5 heteroatoms. The predicted molar refractivity (Wildman–Crippen MR) is 95.6 cm³/mol. The Morgan fingerprint density at radius 2 is 1.92 bits per heavy atom. The lowest BCUT2D eigenvalue weighted by molar-refractivity contribution is -0.122. The summed E-state index contributed by atoms with van der Waals surface area (Å²) in [4.78, 5) is 13.8. The average molecular weight is 349 g/mol. The Labute approximate surface area is 147 Å². The number of carbonyl (C=O) groups is 1. The van der Waals surface area contributed by atoms with E-state index in [9.17, 15) is 9.18 Å². The number of nitrogens with zero attached hydrogens (tertiary/aromatic N) is 1. The van der Waals surface area contributed by atoms with Crippen LogP contribution in [0.5, 0.6) is 0 Å². The van der Waals surface area contributed by atoms with Crippen LogP contribution in [0.1, 0.15) is 24.0 Å². The lowest BCUT2D eigenvalue weighted by Gasteiger charge is -2.19. The van der Waals surface area contributed by atoms with Gasteiger partial charge in [-0.1, -0.05) is 54.9 Å². The van der Waals surface area contributed by atoms with Gasteiger partial charge in [-0.2, -0.15) is 0 Å². The first-order valence-electron chi connectivity index (χ1n) is 7.90. The number of halogens is 2. The van der Waals surface area contributed by atoms with E-state index in [-0.39, 0.29) is 30.7 Å². The van der Waals surface area contributed by atoms with Crippen molar-refractivity contribution in [2.45, 2.75) is 19.4 Å². The summed E-state index contributed by atoms with van der Waals surface area (Å²) < 4.78 is 13.8. The van der Waals surface area contributed by atoms with E-state index >= 15 is 0 Å². The minimum atomic E-state index is -0.354. The fourth-order valence-electron chi connectivity index (χ4n) is 2.48. The summed E-state index contributed by atoms with van der Waals surface area (Å²) in [5, 5.41) is 3.29. The van der Waals surface area contributed by atoms with Crippen molar-refractivity contribution in [1.82, 2.24) is 10.2 Å². The van der Waals surface area contributed by atoms with Gasteiger partial charge in [0.2, 0.25) is 5.91 Å². The summed E-state index contributed by atoms with van der Waals surface area (Å²) in [7, 11) is 1.77. The van der Waals surface area contributed by atoms with E-state index in [1.165, 1.54) is 11.6 Å². The van der Waals surface area contributed by atoms with Crippen LogP contribution in [-0.2, 0) is 11.3 Å². The van der Waals surface area contributed by atoms with Crippen molar-refractivity contribution in [2.24, 2.45) is 0 Å². The van der Waals surface area contributed by atoms with Crippen LogP contribution in [0.3, 0.4) is 0 Å². The molecule has 0 aromatic heterocycles. The van der Waals surface area contributed by atoms with E-state index in [2.05, 4.69) is 12.2 Å². The molecule has 1 N–H and O–H groups in total. The molecule has 0 fully saturated rings. The zero-order valence-electron chi connectivity index (χ0n) is 13.9. The summed E-state index contributed by atoms with van der Waals surface area (Å²) in [5.41, 5.74) is 1.59. The van der Waals surface area contributed by atoms with E-state index in [0.717, 1.165) is 0 Å². The fourth-order valence-corrected chi connectivity index (χ4v) is 2.70. The SMILES string of the molecule is C[C@H](CNC(=O)CN(C)Cc1c(F)cccc1Cl)c1ccccc1. The molecule has 24 heavy (non-hydrogen) atoms. The molecule has 0 spiro atoms. The van der Waals surface area contributed by atoms with Gasteiger partial charge >= 0.3 is 0 Å². The standard InChI is InChI=1S/C19H22ClFN2O/c1-14(15-7-4-3-5-8-15)11-22-19(24)13-23(2)12-16-17(20)9-6-10-18(16)21/h3-10,14H,11-13H2,1-2H3,(H,22,24)/t14-/m1/s1. The number of likely N-dealkylation sites (N-methyl/N-ethyl adjacent to an activating group) is 1. The molecule has 128 valence electrons. The second-order valence-electron chi connectivity index (χ2n) is 5.99. The molecule has 0 bridgehead atoms. The Balaban J connectivity index is 1.82. The highest BCUT2D eigenvalue weighted by Crippen LogP contribution is 2.20. The molecule has 0 aliphatic carbocycles. The molecule has 0 heterocycles. The summed E-state index contributed by atoms with van der Waals surface area (Å²) in [6.07, 6.45) is 0. The van der Waals surface area contributed by atoms with Crippen LogP contribution in [0.2, 0.25) is 5.02 Å². The van der Waals surface area contributed by atoms with Crippen molar-refractivity contribution in [2.75, 3.05) is 20.1 Å². The Bertz CT molecular complexity index is 658. The third kappa shape index (κ3) is 5.32. The Morgan fingerprint density at radius 3 is 2.58 bits per heavy atom. The minimum Gasteiger partial charge on any atom is -0.354 e. The van der Waals surface area contributed by atoms with E-state index in [0.29, 0.717) is 17.1 Å². The largest absolute Gasteiger partial charge is 0.354 e. The van der Waals surface area contributed by atoms with Crippen molar-refractivity contribution in [3.05, 3.63) is 70.5 Å². The number of nitrogens with one attached hydrogen (secondary N) is 1. The fraction of sp³-hybridized carbons (Fsp3) is 0.316. The highest BCUT2D eigenvalue weighted by atomic mass is 35.5. The molecule has 2 aromatic carbocycles. The second kappa shape index (κ2) is 8.81. The van der Waals surface area contributed by atoms with Gasteiger partial charge in [0.1, 0.15) is 5.82 Å². The van der Waals surface area contributed by atoms with Gasteiger partial charge in [0, 0.05) is 23.7 Å². The highest BCUT2D eigenvalue weighted by molar-refractivity contribution is 6.31. The number of hydrogen-bond donors (Lipinski definition) is 1. The van der Waals surface area contributed by atoms with E-state index in [1.807, 2.05) is 30.3 Å². The normalized spacial score (nSPS) is 12.2. The number of carbonyl (C=O) groups excluding carboxylic acids is 1. The maximum atomic E-state index is 13.8. The van der Waals surface area contributed by atoms with E-state index in [4.69, 9.17) is 11.6 Å². The Hall–Kier alpha value is -1.91. The Morgan fingerprint density at radius 1 is 1.21 bits per heavy atom. The van der Waals surface area contributed by atoms with Crippen LogP contribution in [0.15, 0.2) is 48.5 Å². The first-order valence-corrected chi connectivity index (χ1v) is 8.28. The summed E-state index contributed by atoms with van der Waals surface area (Å²) >= 11 is 6.01. The smallest absolute Gasteiger partial charge is 0.234 e. The predicted octanol–water partition coefficient (Wildman–Crippen LogP) is 3.83. The first-order chi connectivity index (χ1) is 11.5. The first kappa shape index (κ1) is 18.4. The van der Waals surface area contributed by atoms with Crippen molar-refractivity contribution >= 4 is 17.5 Å². The molecule has 0 unspecified atom stereocenters. The van der Waals surface area contributed by atoms with Gasteiger partial charge in [-0.15, -0.1) is 0 Å².